The molecule has 1 aliphatic carbocycles. The van der Waals surface area contributed by atoms with Crippen molar-refractivity contribution in [1.82, 2.24) is 4.90 Å². The van der Waals surface area contributed by atoms with Gasteiger partial charge in [0, 0.05) is 30.4 Å². The molecule has 2 N–H and O–H groups in total. The normalized spacial score (nSPS) is 14.4. The van der Waals surface area contributed by atoms with E-state index in [9.17, 15) is 14.9 Å². The van der Waals surface area contributed by atoms with Crippen LogP contribution in [0.2, 0.25) is 0 Å². The molecule has 0 heterocycles. The van der Waals surface area contributed by atoms with Gasteiger partial charge >= 0.3 is 6.03 Å². The Hall–Kier alpha value is -2.15. The van der Waals surface area contributed by atoms with Crippen molar-refractivity contribution in [1.29, 1.82) is 0 Å². The van der Waals surface area contributed by atoms with Gasteiger partial charge in [0.25, 0.3) is 5.69 Å². The molecule has 108 valence electrons. The van der Waals surface area contributed by atoms with Crippen molar-refractivity contribution in [2.24, 2.45) is 0 Å². The van der Waals surface area contributed by atoms with Crippen molar-refractivity contribution in [3.8, 4) is 0 Å². The first-order valence-corrected chi connectivity index (χ1v) is 6.55. The van der Waals surface area contributed by atoms with Gasteiger partial charge in [0.15, 0.2) is 0 Å². The molecule has 0 aliphatic heterocycles. The summed E-state index contributed by atoms with van der Waals surface area (Å²) < 4.78 is 0. The molecular formula is C13H17N3O4. The van der Waals surface area contributed by atoms with E-state index in [1.165, 1.54) is 24.3 Å². The Kier molecular flexibility index (Phi) is 4.52. The highest BCUT2D eigenvalue weighted by molar-refractivity contribution is 5.89. The molecule has 2 amide bonds. The molecular weight excluding hydrogens is 262 g/mol. The van der Waals surface area contributed by atoms with Crippen molar-refractivity contribution in [2.45, 2.75) is 25.3 Å². The van der Waals surface area contributed by atoms with Crippen molar-refractivity contribution >= 4 is 17.4 Å². The van der Waals surface area contributed by atoms with E-state index in [4.69, 9.17) is 5.11 Å². The highest BCUT2D eigenvalue weighted by Gasteiger charge is 2.28. The fourth-order valence-corrected chi connectivity index (χ4v) is 2.12. The molecule has 0 radical (unpaired) electrons. The summed E-state index contributed by atoms with van der Waals surface area (Å²) in [6.45, 7) is 0.216. The van der Waals surface area contributed by atoms with Crippen LogP contribution in [0, 0.1) is 10.1 Å². The number of nitrogens with zero attached hydrogens (tertiary/aromatic N) is 2. The molecule has 1 aliphatic rings. The smallest absolute Gasteiger partial charge is 0.322 e. The molecule has 7 nitrogen and oxygen atoms in total. The fourth-order valence-electron chi connectivity index (χ4n) is 2.12. The minimum atomic E-state index is -0.488. The molecule has 0 bridgehead atoms. The number of aliphatic hydroxyl groups is 1. The first kappa shape index (κ1) is 14.3. The fraction of sp³-hybridized carbons (Fsp3) is 0.462. The number of hydrogen-bond donors (Lipinski definition) is 2. The van der Waals surface area contributed by atoms with E-state index in [1.54, 1.807) is 4.90 Å². The SMILES string of the molecule is O=C(Nc1ccc([N+](=O)[O-])cc1)N(CCO)C1CCC1. The largest absolute Gasteiger partial charge is 0.395 e. The Morgan fingerprint density at radius 2 is 2.05 bits per heavy atom. The lowest BCUT2D eigenvalue weighted by Crippen LogP contribution is -2.47. The number of nitro groups is 1. The minimum absolute atomic E-state index is 0.0193. The van der Waals surface area contributed by atoms with Gasteiger partial charge in [-0.25, -0.2) is 4.79 Å². The summed E-state index contributed by atoms with van der Waals surface area (Å²) in [5.74, 6) is 0. The second kappa shape index (κ2) is 6.33. The number of urea groups is 1. The van der Waals surface area contributed by atoms with Gasteiger partial charge < -0.3 is 15.3 Å². The molecule has 1 aromatic rings. The molecule has 0 atom stereocenters. The maximum absolute atomic E-state index is 12.1. The summed E-state index contributed by atoms with van der Waals surface area (Å²) in [6.07, 6.45) is 3.00. The van der Waals surface area contributed by atoms with Crippen molar-refractivity contribution in [3.05, 3.63) is 34.4 Å². The summed E-state index contributed by atoms with van der Waals surface area (Å²) in [4.78, 5) is 23.8. The van der Waals surface area contributed by atoms with Crippen LogP contribution in [0.15, 0.2) is 24.3 Å². The Balaban J connectivity index is 1.99. The van der Waals surface area contributed by atoms with Gasteiger partial charge in [-0.05, 0) is 31.4 Å². The van der Waals surface area contributed by atoms with E-state index in [2.05, 4.69) is 5.32 Å². The molecule has 1 fully saturated rings. The Morgan fingerprint density at radius 3 is 2.50 bits per heavy atom. The predicted molar refractivity (Wildman–Crippen MR) is 73.5 cm³/mol. The molecule has 0 aromatic heterocycles. The van der Waals surface area contributed by atoms with Crippen LogP contribution in [-0.2, 0) is 0 Å². The number of hydrogen-bond acceptors (Lipinski definition) is 4. The maximum Gasteiger partial charge on any atom is 0.322 e. The Morgan fingerprint density at radius 1 is 1.40 bits per heavy atom. The highest BCUT2D eigenvalue weighted by atomic mass is 16.6. The van der Waals surface area contributed by atoms with E-state index >= 15 is 0 Å². The van der Waals surface area contributed by atoms with Crippen LogP contribution in [0.25, 0.3) is 0 Å². The summed E-state index contributed by atoms with van der Waals surface area (Å²) in [7, 11) is 0. The predicted octanol–water partition coefficient (Wildman–Crippen LogP) is 1.97. The Bertz CT molecular complexity index is 485. The van der Waals surface area contributed by atoms with E-state index < -0.39 is 4.92 Å². The van der Waals surface area contributed by atoms with Gasteiger partial charge in [-0.15, -0.1) is 0 Å². The third-order valence-electron chi connectivity index (χ3n) is 3.45. The van der Waals surface area contributed by atoms with Crippen LogP contribution < -0.4 is 5.32 Å². The number of benzene rings is 1. The van der Waals surface area contributed by atoms with Crippen LogP contribution in [0.3, 0.4) is 0 Å². The molecule has 0 spiro atoms. The van der Waals surface area contributed by atoms with Crippen LogP contribution >= 0.6 is 0 Å². The second-order valence-electron chi connectivity index (χ2n) is 4.74. The van der Waals surface area contributed by atoms with Crippen LogP contribution in [-0.4, -0.2) is 40.2 Å². The average Bonchev–Trinajstić information content (AvgIpc) is 2.36. The number of rotatable bonds is 5. The van der Waals surface area contributed by atoms with E-state index in [0.29, 0.717) is 12.2 Å². The number of nitrogens with one attached hydrogen (secondary N) is 1. The third kappa shape index (κ3) is 3.24. The van der Waals surface area contributed by atoms with Crippen LogP contribution in [0.5, 0.6) is 0 Å². The summed E-state index contributed by atoms with van der Waals surface area (Å²) in [5.41, 5.74) is 0.483. The van der Waals surface area contributed by atoms with Crippen LogP contribution in [0.4, 0.5) is 16.2 Å². The first-order valence-electron chi connectivity index (χ1n) is 6.55. The van der Waals surface area contributed by atoms with E-state index in [1.807, 2.05) is 0 Å². The minimum Gasteiger partial charge on any atom is -0.395 e. The number of carbonyl (C=O) groups is 1. The van der Waals surface area contributed by atoms with Gasteiger partial charge in [0.1, 0.15) is 0 Å². The zero-order valence-electron chi connectivity index (χ0n) is 11.0. The number of anilines is 1. The summed E-state index contributed by atoms with van der Waals surface area (Å²) >= 11 is 0. The number of aliphatic hydroxyl groups excluding tert-OH is 1. The second-order valence-corrected chi connectivity index (χ2v) is 4.74. The molecule has 1 aromatic carbocycles. The average molecular weight is 279 g/mol. The molecule has 7 heteroatoms. The van der Waals surface area contributed by atoms with Gasteiger partial charge in [-0.1, -0.05) is 0 Å². The van der Waals surface area contributed by atoms with Crippen LogP contribution in [0.1, 0.15) is 19.3 Å². The number of nitro benzene ring substituents is 1. The van der Waals surface area contributed by atoms with Gasteiger partial charge in [0.05, 0.1) is 11.5 Å². The van der Waals surface area contributed by atoms with E-state index in [-0.39, 0.29) is 24.4 Å². The maximum atomic E-state index is 12.1. The third-order valence-corrected chi connectivity index (χ3v) is 3.45. The monoisotopic (exact) mass is 279 g/mol. The zero-order chi connectivity index (χ0) is 14.5. The molecule has 0 saturated heterocycles. The lowest BCUT2D eigenvalue weighted by Gasteiger charge is -2.37. The van der Waals surface area contributed by atoms with E-state index in [0.717, 1.165) is 19.3 Å². The lowest BCUT2D eigenvalue weighted by atomic mass is 9.92. The topological polar surface area (TPSA) is 95.7 Å². The zero-order valence-corrected chi connectivity index (χ0v) is 11.0. The molecule has 1 saturated carbocycles. The number of amides is 2. The number of carbonyl (C=O) groups excluding carboxylic acids is 1. The summed E-state index contributed by atoms with van der Waals surface area (Å²) in [5, 5.41) is 22.3. The quantitative estimate of drug-likeness (QED) is 0.636. The standard InChI is InChI=1S/C13H17N3O4/c17-9-8-15(11-2-1-3-11)13(18)14-10-4-6-12(7-5-10)16(19)20/h4-7,11,17H,1-3,8-9H2,(H,14,18). The molecule has 0 unspecified atom stereocenters. The molecule has 2 rings (SSSR count). The van der Waals surface area contributed by atoms with Gasteiger partial charge in [-0.3, -0.25) is 10.1 Å². The number of non-ortho nitro benzene ring substituents is 1. The lowest BCUT2D eigenvalue weighted by molar-refractivity contribution is -0.384. The molecule has 20 heavy (non-hydrogen) atoms. The first-order chi connectivity index (χ1) is 9.61. The summed E-state index contributed by atoms with van der Waals surface area (Å²) in [6, 6.07) is 5.57. The van der Waals surface area contributed by atoms with Gasteiger partial charge in [-0.2, -0.15) is 0 Å². The highest BCUT2D eigenvalue weighted by Crippen LogP contribution is 2.25. The van der Waals surface area contributed by atoms with Gasteiger partial charge in [0.2, 0.25) is 0 Å². The van der Waals surface area contributed by atoms with Crippen molar-refractivity contribution in [3.63, 3.8) is 0 Å². The van der Waals surface area contributed by atoms with Crippen molar-refractivity contribution in [2.75, 3.05) is 18.5 Å². The van der Waals surface area contributed by atoms with Crippen molar-refractivity contribution < 1.29 is 14.8 Å². The Labute approximate surface area is 116 Å².